The molecular weight excluding hydrogens is 510 g/mol. The van der Waals surface area contributed by atoms with Crippen molar-refractivity contribution < 1.29 is 19.1 Å². The fourth-order valence-electron chi connectivity index (χ4n) is 4.46. The van der Waals surface area contributed by atoms with Crippen LogP contribution in [0.5, 0.6) is 0 Å². The number of carbonyl (C=O) groups is 3. The van der Waals surface area contributed by atoms with Gasteiger partial charge in [0.15, 0.2) is 0 Å². The van der Waals surface area contributed by atoms with Crippen molar-refractivity contribution in [2.24, 2.45) is 5.92 Å². The molecule has 2 aromatic carbocycles. The molecular formula is C31H39N3O4S. The summed E-state index contributed by atoms with van der Waals surface area (Å²) >= 11 is 1.58. The summed E-state index contributed by atoms with van der Waals surface area (Å²) in [4.78, 5) is 42.6. The fourth-order valence-corrected chi connectivity index (χ4v) is 4.93. The average molecular weight is 550 g/mol. The normalized spacial score (nSPS) is 17.7. The predicted octanol–water partition coefficient (Wildman–Crippen LogP) is 4.91. The van der Waals surface area contributed by atoms with Gasteiger partial charge in [-0.2, -0.15) is 11.8 Å². The average Bonchev–Trinajstić information content (AvgIpc) is 3.62. The molecule has 1 aliphatic rings. The van der Waals surface area contributed by atoms with E-state index in [9.17, 15) is 14.4 Å². The zero-order valence-electron chi connectivity index (χ0n) is 23.4. The van der Waals surface area contributed by atoms with Crippen LogP contribution in [-0.2, 0) is 20.9 Å². The first kappa shape index (κ1) is 30.1. The summed E-state index contributed by atoms with van der Waals surface area (Å²) in [5.41, 5.74) is 1.35. The number of hydrogen-bond donors (Lipinski definition) is 2. The van der Waals surface area contributed by atoms with Gasteiger partial charge in [0, 0.05) is 18.2 Å². The standard InChI is InChI=1S/C31H39N3O4S/c1-7-23-15-11-12-16-24(23)27(28(35)32-20-22-13-9-8-10-14-22)34(26-19-21(26)2)29(36)25(17-18-39-6)33-30(37)38-31(3,4)5/h1,8-16,21,25-27H,17-20H2,2-6H3,(H,32,35)(H,33,37). The van der Waals surface area contributed by atoms with Crippen LogP contribution in [0.15, 0.2) is 54.6 Å². The van der Waals surface area contributed by atoms with Crippen molar-refractivity contribution in [3.8, 4) is 12.3 Å². The summed E-state index contributed by atoms with van der Waals surface area (Å²) in [5.74, 6) is 2.88. The molecule has 39 heavy (non-hydrogen) atoms. The number of benzene rings is 2. The molecule has 4 atom stereocenters. The maximum atomic E-state index is 14.3. The molecule has 0 radical (unpaired) electrons. The molecule has 3 amide bonds. The number of nitrogens with one attached hydrogen (secondary N) is 2. The van der Waals surface area contributed by atoms with Crippen molar-refractivity contribution >= 4 is 29.7 Å². The lowest BCUT2D eigenvalue weighted by atomic mass is 9.97. The Morgan fingerprint density at radius 1 is 1.13 bits per heavy atom. The molecule has 0 aromatic heterocycles. The van der Waals surface area contributed by atoms with Crippen molar-refractivity contribution in [2.75, 3.05) is 12.0 Å². The summed E-state index contributed by atoms with van der Waals surface area (Å²) in [6, 6.07) is 14.8. The van der Waals surface area contributed by atoms with Crippen LogP contribution in [-0.4, -0.2) is 52.5 Å². The van der Waals surface area contributed by atoms with Gasteiger partial charge < -0.3 is 20.3 Å². The van der Waals surface area contributed by atoms with Crippen molar-refractivity contribution in [3.05, 3.63) is 71.3 Å². The molecule has 0 saturated heterocycles. The Hall–Kier alpha value is -3.44. The Kier molecular flexibility index (Phi) is 10.5. The third kappa shape index (κ3) is 8.52. The second kappa shape index (κ2) is 13.6. The lowest BCUT2D eigenvalue weighted by molar-refractivity contribution is -0.143. The summed E-state index contributed by atoms with van der Waals surface area (Å²) in [6.07, 6.45) is 8.27. The van der Waals surface area contributed by atoms with E-state index >= 15 is 0 Å². The minimum atomic E-state index is -0.958. The number of alkyl carbamates (subject to hydrolysis) is 1. The second-order valence-corrected chi connectivity index (χ2v) is 11.8. The second-order valence-electron chi connectivity index (χ2n) is 10.8. The van der Waals surface area contributed by atoms with Crippen LogP contribution in [0.25, 0.3) is 0 Å². The molecule has 2 N–H and O–H groups in total. The van der Waals surface area contributed by atoms with Crippen LogP contribution in [0.1, 0.15) is 63.3 Å². The van der Waals surface area contributed by atoms with Crippen LogP contribution in [0.2, 0.25) is 0 Å². The molecule has 1 saturated carbocycles. The molecule has 0 heterocycles. The van der Waals surface area contributed by atoms with Crippen molar-refractivity contribution in [3.63, 3.8) is 0 Å². The van der Waals surface area contributed by atoms with Gasteiger partial charge in [-0.3, -0.25) is 9.59 Å². The van der Waals surface area contributed by atoms with E-state index in [-0.39, 0.29) is 23.8 Å². The molecule has 2 aromatic rings. The summed E-state index contributed by atoms with van der Waals surface area (Å²) < 4.78 is 5.46. The van der Waals surface area contributed by atoms with E-state index in [4.69, 9.17) is 11.2 Å². The first-order chi connectivity index (χ1) is 18.6. The molecule has 3 rings (SSSR count). The van der Waals surface area contributed by atoms with Crippen LogP contribution < -0.4 is 10.6 Å². The molecule has 8 heteroatoms. The highest BCUT2D eigenvalue weighted by molar-refractivity contribution is 7.98. The van der Waals surface area contributed by atoms with Gasteiger partial charge in [-0.1, -0.05) is 61.4 Å². The molecule has 4 unspecified atom stereocenters. The predicted molar refractivity (Wildman–Crippen MR) is 156 cm³/mol. The van der Waals surface area contributed by atoms with Gasteiger partial charge in [0.2, 0.25) is 11.8 Å². The van der Waals surface area contributed by atoms with E-state index < -0.39 is 23.8 Å². The highest BCUT2D eigenvalue weighted by atomic mass is 32.2. The van der Waals surface area contributed by atoms with Crippen LogP contribution >= 0.6 is 11.8 Å². The van der Waals surface area contributed by atoms with Gasteiger partial charge in [-0.25, -0.2) is 4.79 Å². The van der Waals surface area contributed by atoms with Gasteiger partial charge in [0.05, 0.1) is 0 Å². The Labute approximate surface area is 236 Å². The Bertz CT molecular complexity index is 1190. The van der Waals surface area contributed by atoms with E-state index in [1.165, 1.54) is 0 Å². The van der Waals surface area contributed by atoms with Crippen molar-refractivity contribution in [1.82, 2.24) is 15.5 Å². The van der Waals surface area contributed by atoms with Crippen LogP contribution in [0.4, 0.5) is 4.79 Å². The molecule has 0 bridgehead atoms. The molecule has 1 aliphatic carbocycles. The smallest absolute Gasteiger partial charge is 0.408 e. The van der Waals surface area contributed by atoms with Crippen LogP contribution in [0.3, 0.4) is 0 Å². The van der Waals surface area contributed by atoms with Crippen molar-refractivity contribution in [1.29, 1.82) is 0 Å². The number of rotatable bonds is 11. The number of thioether (sulfide) groups is 1. The Balaban J connectivity index is 2.00. The first-order valence-electron chi connectivity index (χ1n) is 13.2. The molecule has 7 nitrogen and oxygen atoms in total. The number of carbonyl (C=O) groups excluding carboxylic acids is 3. The SMILES string of the molecule is C#Cc1ccccc1C(C(=O)NCc1ccccc1)N(C(=O)C(CCSC)NC(=O)OC(C)(C)C)C1CC1C. The fraction of sp³-hybridized carbons (Fsp3) is 0.452. The first-order valence-corrected chi connectivity index (χ1v) is 14.6. The van der Waals surface area contributed by atoms with E-state index in [2.05, 4.69) is 23.5 Å². The molecule has 0 spiro atoms. The third-order valence-corrected chi connectivity index (χ3v) is 7.17. The quantitative estimate of drug-likeness (QED) is 0.389. The van der Waals surface area contributed by atoms with Crippen LogP contribution in [0, 0.1) is 18.3 Å². The van der Waals surface area contributed by atoms with E-state index in [1.807, 2.05) is 48.7 Å². The molecule has 208 valence electrons. The molecule has 1 fully saturated rings. The lowest BCUT2D eigenvalue weighted by Crippen LogP contribution is -2.54. The Morgan fingerprint density at radius 3 is 2.36 bits per heavy atom. The number of nitrogens with zero attached hydrogens (tertiary/aromatic N) is 1. The van der Waals surface area contributed by atoms with Gasteiger partial charge in [-0.05, 0) is 68.7 Å². The third-order valence-electron chi connectivity index (χ3n) is 6.53. The van der Waals surface area contributed by atoms with Gasteiger partial charge in [0.1, 0.15) is 17.7 Å². The van der Waals surface area contributed by atoms with E-state index in [0.29, 0.717) is 29.8 Å². The summed E-state index contributed by atoms with van der Waals surface area (Å²) in [5, 5.41) is 5.80. The van der Waals surface area contributed by atoms with E-state index in [0.717, 1.165) is 12.0 Å². The highest BCUT2D eigenvalue weighted by Gasteiger charge is 2.48. The number of hydrogen-bond acceptors (Lipinski definition) is 5. The monoisotopic (exact) mass is 549 g/mol. The number of ether oxygens (including phenoxy) is 1. The largest absolute Gasteiger partial charge is 0.444 e. The zero-order chi connectivity index (χ0) is 28.6. The maximum absolute atomic E-state index is 14.3. The highest BCUT2D eigenvalue weighted by Crippen LogP contribution is 2.41. The zero-order valence-corrected chi connectivity index (χ0v) is 24.2. The van der Waals surface area contributed by atoms with E-state index in [1.54, 1.807) is 49.6 Å². The van der Waals surface area contributed by atoms with Crippen molar-refractivity contribution in [2.45, 2.75) is 70.8 Å². The number of terminal acetylenes is 1. The Morgan fingerprint density at radius 2 is 1.77 bits per heavy atom. The van der Waals surface area contributed by atoms with Gasteiger partial charge in [0.25, 0.3) is 0 Å². The topological polar surface area (TPSA) is 87.7 Å². The maximum Gasteiger partial charge on any atom is 0.408 e. The molecule has 0 aliphatic heterocycles. The van der Waals surface area contributed by atoms with Gasteiger partial charge >= 0.3 is 6.09 Å². The minimum Gasteiger partial charge on any atom is -0.444 e. The summed E-state index contributed by atoms with van der Waals surface area (Å²) in [7, 11) is 0. The number of amides is 3. The summed E-state index contributed by atoms with van der Waals surface area (Å²) in [6.45, 7) is 7.67. The van der Waals surface area contributed by atoms with Gasteiger partial charge in [-0.15, -0.1) is 6.42 Å². The minimum absolute atomic E-state index is 0.159. The lowest BCUT2D eigenvalue weighted by Gasteiger charge is -2.35.